The number of anilines is 1. The Balaban J connectivity index is 2.13. The molecule has 0 bridgehead atoms. The number of benzene rings is 1. The van der Waals surface area contributed by atoms with Crippen LogP contribution in [0.25, 0.3) is 0 Å². The molecule has 2 nitrogen and oxygen atoms in total. The van der Waals surface area contributed by atoms with Gasteiger partial charge in [0, 0.05) is 11.4 Å². The fourth-order valence-electron chi connectivity index (χ4n) is 1.11. The summed E-state index contributed by atoms with van der Waals surface area (Å²) in [6.45, 7) is 0.822. The molecule has 74 valence electrons. The lowest BCUT2D eigenvalue weighted by atomic mass is 10.3. The van der Waals surface area contributed by atoms with Gasteiger partial charge in [0.05, 0.1) is 11.6 Å². The van der Waals surface area contributed by atoms with Crippen LogP contribution in [-0.4, -0.2) is 17.5 Å². The van der Waals surface area contributed by atoms with Crippen LogP contribution in [0.5, 0.6) is 0 Å². The zero-order chi connectivity index (χ0) is 9.97. The average Bonchev–Trinajstić information content (AvgIpc) is 2.64. The topological polar surface area (TPSA) is 24.4 Å². The van der Waals surface area contributed by atoms with E-state index >= 15 is 0 Å². The van der Waals surface area contributed by atoms with E-state index < -0.39 is 5.82 Å². The van der Waals surface area contributed by atoms with Crippen LogP contribution in [-0.2, 0) is 0 Å². The predicted molar refractivity (Wildman–Crippen MR) is 59.8 cm³/mol. The van der Waals surface area contributed by atoms with E-state index in [-0.39, 0.29) is 5.02 Å². The molecular weight excluding hydrogens is 223 g/mol. The molecule has 5 heteroatoms. The monoisotopic (exact) mass is 230 g/mol. The van der Waals surface area contributed by atoms with E-state index in [1.807, 2.05) is 0 Å². The van der Waals surface area contributed by atoms with E-state index in [1.54, 1.807) is 17.8 Å². The number of aliphatic imine (C=N–C) groups is 1. The van der Waals surface area contributed by atoms with E-state index in [1.165, 1.54) is 12.1 Å². The maximum absolute atomic E-state index is 13.0. The summed E-state index contributed by atoms with van der Waals surface area (Å²) < 4.78 is 13.0. The van der Waals surface area contributed by atoms with Crippen LogP contribution in [0.2, 0.25) is 5.02 Å². The zero-order valence-electron chi connectivity index (χ0n) is 7.26. The first-order valence-corrected chi connectivity index (χ1v) is 5.51. The maximum atomic E-state index is 13.0. The molecule has 0 aromatic heterocycles. The van der Waals surface area contributed by atoms with Crippen molar-refractivity contribution >= 4 is 34.2 Å². The van der Waals surface area contributed by atoms with Crippen LogP contribution < -0.4 is 5.32 Å². The van der Waals surface area contributed by atoms with E-state index in [9.17, 15) is 4.39 Å². The molecule has 0 saturated carbocycles. The highest BCUT2D eigenvalue weighted by Gasteiger charge is 2.08. The number of nitrogens with one attached hydrogen (secondary N) is 1. The second-order valence-corrected chi connectivity index (χ2v) is 4.28. The quantitative estimate of drug-likeness (QED) is 0.802. The van der Waals surface area contributed by atoms with Crippen LogP contribution in [0.15, 0.2) is 23.2 Å². The fourth-order valence-corrected chi connectivity index (χ4v) is 1.97. The second kappa shape index (κ2) is 4.19. The van der Waals surface area contributed by atoms with Gasteiger partial charge in [-0.25, -0.2) is 4.39 Å². The highest BCUT2D eigenvalue weighted by Crippen LogP contribution is 2.21. The number of halogens is 2. The minimum Gasteiger partial charge on any atom is -0.335 e. The standard InChI is InChI=1S/C9H8ClFN2S/c10-7-2-1-6(5-8(7)11)13-9-12-3-4-14-9/h1-2,5H,3-4H2,(H,12,13). The van der Waals surface area contributed by atoms with Gasteiger partial charge in [0.1, 0.15) is 5.82 Å². The Bertz CT molecular complexity index is 381. The van der Waals surface area contributed by atoms with Gasteiger partial charge in [0.25, 0.3) is 0 Å². The Hall–Kier alpha value is -0.740. The average molecular weight is 231 g/mol. The highest BCUT2D eigenvalue weighted by atomic mass is 35.5. The Kier molecular flexibility index (Phi) is 2.93. The summed E-state index contributed by atoms with van der Waals surface area (Å²) in [4.78, 5) is 4.20. The second-order valence-electron chi connectivity index (χ2n) is 2.79. The third-order valence-corrected chi connectivity index (χ3v) is 2.95. The summed E-state index contributed by atoms with van der Waals surface area (Å²) in [7, 11) is 0. The molecule has 0 fully saturated rings. The first-order chi connectivity index (χ1) is 6.75. The molecule has 1 N–H and O–H groups in total. The summed E-state index contributed by atoms with van der Waals surface area (Å²) in [5, 5.41) is 4.00. The van der Waals surface area contributed by atoms with Crippen molar-refractivity contribution < 1.29 is 4.39 Å². The van der Waals surface area contributed by atoms with Crippen LogP contribution in [0.3, 0.4) is 0 Å². The van der Waals surface area contributed by atoms with Gasteiger partial charge < -0.3 is 5.32 Å². The summed E-state index contributed by atoms with van der Waals surface area (Å²) in [5.74, 6) is 0.568. The van der Waals surface area contributed by atoms with Gasteiger partial charge in [-0.1, -0.05) is 23.4 Å². The largest absolute Gasteiger partial charge is 0.335 e. The minimum atomic E-state index is -0.416. The maximum Gasteiger partial charge on any atom is 0.161 e. The molecule has 0 atom stereocenters. The molecule has 0 aliphatic carbocycles. The third-order valence-electron chi connectivity index (χ3n) is 1.76. The number of hydrogen-bond donors (Lipinski definition) is 1. The molecular formula is C9H8ClFN2S. The van der Waals surface area contributed by atoms with Crippen LogP contribution in [0.1, 0.15) is 0 Å². The van der Waals surface area contributed by atoms with Crippen molar-refractivity contribution in [1.29, 1.82) is 0 Å². The van der Waals surface area contributed by atoms with Gasteiger partial charge in [-0.3, -0.25) is 4.99 Å². The van der Waals surface area contributed by atoms with Gasteiger partial charge in [-0.15, -0.1) is 0 Å². The normalized spacial score (nSPS) is 15.4. The van der Waals surface area contributed by atoms with Crippen molar-refractivity contribution in [2.75, 3.05) is 17.6 Å². The molecule has 1 aliphatic heterocycles. The Morgan fingerprint density at radius 3 is 3.00 bits per heavy atom. The molecule has 0 radical (unpaired) electrons. The lowest BCUT2D eigenvalue weighted by molar-refractivity contribution is 0.629. The molecule has 1 aromatic rings. The van der Waals surface area contributed by atoms with Crippen LogP contribution in [0, 0.1) is 5.82 Å². The zero-order valence-corrected chi connectivity index (χ0v) is 8.83. The van der Waals surface area contributed by atoms with Gasteiger partial charge >= 0.3 is 0 Å². The molecule has 0 amide bonds. The van der Waals surface area contributed by atoms with Crippen molar-refractivity contribution in [3.8, 4) is 0 Å². The first kappa shape index (κ1) is 9.80. The molecule has 2 rings (SSSR count). The molecule has 14 heavy (non-hydrogen) atoms. The third kappa shape index (κ3) is 2.19. The lowest BCUT2D eigenvalue weighted by Gasteiger charge is -2.05. The van der Waals surface area contributed by atoms with Gasteiger partial charge in [0.2, 0.25) is 0 Å². The van der Waals surface area contributed by atoms with Crippen molar-refractivity contribution in [2.45, 2.75) is 0 Å². The molecule has 0 saturated heterocycles. The van der Waals surface area contributed by atoms with E-state index in [2.05, 4.69) is 10.3 Å². The lowest BCUT2D eigenvalue weighted by Crippen LogP contribution is -2.04. The molecule has 1 aliphatic rings. The first-order valence-electron chi connectivity index (χ1n) is 4.15. The van der Waals surface area contributed by atoms with E-state index in [0.717, 1.165) is 17.5 Å². The summed E-state index contributed by atoms with van der Waals surface area (Å²) >= 11 is 7.19. The molecule has 0 spiro atoms. The molecule has 1 heterocycles. The van der Waals surface area contributed by atoms with Crippen LogP contribution in [0.4, 0.5) is 10.1 Å². The molecule has 0 unspecified atom stereocenters. The van der Waals surface area contributed by atoms with Crippen LogP contribution >= 0.6 is 23.4 Å². The summed E-state index contributed by atoms with van der Waals surface area (Å²) in [5.41, 5.74) is 0.681. The van der Waals surface area contributed by atoms with Crippen molar-refractivity contribution in [1.82, 2.24) is 0 Å². The number of hydrogen-bond acceptors (Lipinski definition) is 3. The number of thioether (sulfide) groups is 1. The van der Waals surface area contributed by atoms with Gasteiger partial charge in [-0.2, -0.15) is 0 Å². The van der Waals surface area contributed by atoms with Gasteiger partial charge in [0.15, 0.2) is 5.17 Å². The highest BCUT2D eigenvalue weighted by molar-refractivity contribution is 8.14. The number of rotatable bonds is 1. The van der Waals surface area contributed by atoms with E-state index in [0.29, 0.717) is 5.69 Å². The Morgan fingerprint density at radius 1 is 1.50 bits per heavy atom. The SMILES string of the molecule is Fc1cc(NC2=NCCS2)ccc1Cl. The smallest absolute Gasteiger partial charge is 0.161 e. The summed E-state index contributed by atoms with van der Waals surface area (Å²) in [6.07, 6.45) is 0. The Labute approximate surface area is 90.6 Å². The van der Waals surface area contributed by atoms with E-state index in [4.69, 9.17) is 11.6 Å². The number of amidine groups is 1. The van der Waals surface area contributed by atoms with Crippen molar-refractivity contribution in [2.24, 2.45) is 4.99 Å². The number of nitrogens with zero attached hydrogens (tertiary/aromatic N) is 1. The molecule has 1 aromatic carbocycles. The Morgan fingerprint density at radius 2 is 2.36 bits per heavy atom. The van der Waals surface area contributed by atoms with Crippen molar-refractivity contribution in [3.05, 3.63) is 29.0 Å². The van der Waals surface area contributed by atoms with Crippen molar-refractivity contribution in [3.63, 3.8) is 0 Å². The fraction of sp³-hybridized carbons (Fsp3) is 0.222. The summed E-state index contributed by atoms with van der Waals surface area (Å²) in [6, 6.07) is 4.62. The van der Waals surface area contributed by atoms with Gasteiger partial charge in [-0.05, 0) is 18.2 Å². The minimum absolute atomic E-state index is 0.136. The predicted octanol–water partition coefficient (Wildman–Crippen LogP) is 2.99.